The molecule has 2 aromatic rings. The molecule has 0 atom stereocenters. The molecule has 0 bridgehead atoms. The van der Waals surface area contributed by atoms with E-state index in [1.165, 1.54) is 0 Å². The molecule has 2 heterocycles. The molecule has 0 spiro atoms. The molecular formula is C23H23N3O5. The van der Waals surface area contributed by atoms with Crippen LogP contribution < -0.4 is 10.1 Å². The molecule has 1 N–H and O–H groups in total. The topological polar surface area (TPSA) is 96.0 Å². The summed E-state index contributed by atoms with van der Waals surface area (Å²) in [7, 11) is 1.57. The van der Waals surface area contributed by atoms with Gasteiger partial charge >= 0.3 is 0 Å². The average Bonchev–Trinajstić information content (AvgIpc) is 3.04. The second-order valence-corrected chi connectivity index (χ2v) is 7.60. The van der Waals surface area contributed by atoms with Crippen molar-refractivity contribution in [3.63, 3.8) is 0 Å². The Morgan fingerprint density at radius 1 is 0.968 bits per heavy atom. The van der Waals surface area contributed by atoms with Gasteiger partial charge < -0.3 is 15.0 Å². The summed E-state index contributed by atoms with van der Waals surface area (Å²) < 4.78 is 5.10. The first-order valence-corrected chi connectivity index (χ1v) is 10.2. The highest BCUT2D eigenvalue weighted by atomic mass is 16.5. The fraction of sp³-hybridized carbons (Fsp3) is 0.304. The number of imide groups is 1. The number of nitrogens with zero attached hydrogens (tertiary/aromatic N) is 2. The lowest BCUT2D eigenvalue weighted by atomic mass is 10.0. The molecule has 2 aliphatic heterocycles. The first-order valence-electron chi connectivity index (χ1n) is 10.2. The van der Waals surface area contributed by atoms with E-state index in [1.54, 1.807) is 60.5 Å². The normalized spacial score (nSPS) is 16.3. The van der Waals surface area contributed by atoms with E-state index >= 15 is 0 Å². The van der Waals surface area contributed by atoms with Gasteiger partial charge in [-0.05, 0) is 49.2 Å². The SMILES string of the molecule is COc1ccc(C(=O)NC2CCN(C(=O)CN3C(=O)c4ccccc4C3=O)CC2)cc1. The average molecular weight is 421 g/mol. The quantitative estimate of drug-likeness (QED) is 0.742. The lowest BCUT2D eigenvalue weighted by molar-refractivity contribution is -0.132. The summed E-state index contributed by atoms with van der Waals surface area (Å²) in [5, 5.41) is 2.99. The van der Waals surface area contributed by atoms with Gasteiger partial charge in [0.15, 0.2) is 0 Å². The van der Waals surface area contributed by atoms with Crippen LogP contribution >= 0.6 is 0 Å². The zero-order chi connectivity index (χ0) is 22.0. The molecule has 0 aromatic heterocycles. The highest BCUT2D eigenvalue weighted by molar-refractivity contribution is 6.22. The first kappa shape index (κ1) is 20.6. The van der Waals surface area contributed by atoms with Crippen molar-refractivity contribution < 1.29 is 23.9 Å². The predicted octanol–water partition coefficient (Wildman–Crippen LogP) is 1.71. The Balaban J connectivity index is 1.29. The number of fused-ring (bicyclic) bond motifs is 1. The number of rotatable bonds is 5. The van der Waals surface area contributed by atoms with Crippen LogP contribution in [-0.2, 0) is 4.79 Å². The van der Waals surface area contributed by atoms with Crippen molar-refractivity contribution in [2.75, 3.05) is 26.7 Å². The van der Waals surface area contributed by atoms with Crippen LogP contribution in [0.5, 0.6) is 5.75 Å². The van der Waals surface area contributed by atoms with Gasteiger partial charge in [0.1, 0.15) is 12.3 Å². The number of methoxy groups -OCH3 is 1. The third kappa shape index (κ3) is 4.14. The number of amides is 4. The summed E-state index contributed by atoms with van der Waals surface area (Å²) in [6, 6.07) is 13.4. The maximum atomic E-state index is 12.7. The van der Waals surface area contributed by atoms with E-state index in [9.17, 15) is 19.2 Å². The van der Waals surface area contributed by atoms with Gasteiger partial charge in [-0.25, -0.2) is 0 Å². The molecule has 160 valence electrons. The monoisotopic (exact) mass is 421 g/mol. The maximum absolute atomic E-state index is 12.7. The molecule has 4 amide bonds. The van der Waals surface area contributed by atoms with E-state index in [0.717, 1.165) is 4.90 Å². The summed E-state index contributed by atoms with van der Waals surface area (Å²) in [6.45, 7) is 0.639. The third-order valence-electron chi connectivity index (χ3n) is 5.71. The molecule has 8 nitrogen and oxygen atoms in total. The van der Waals surface area contributed by atoms with Crippen molar-refractivity contribution in [3.05, 3.63) is 65.2 Å². The summed E-state index contributed by atoms with van der Waals surface area (Å²) in [5.74, 6) is -0.625. The molecule has 0 aliphatic carbocycles. The first-order chi connectivity index (χ1) is 15.0. The number of likely N-dealkylation sites (tertiary alicyclic amines) is 1. The van der Waals surface area contributed by atoms with Crippen molar-refractivity contribution in [2.45, 2.75) is 18.9 Å². The van der Waals surface area contributed by atoms with E-state index in [4.69, 9.17) is 4.74 Å². The second kappa shape index (κ2) is 8.59. The van der Waals surface area contributed by atoms with Crippen LogP contribution in [-0.4, -0.2) is 66.2 Å². The van der Waals surface area contributed by atoms with Gasteiger partial charge in [-0.2, -0.15) is 0 Å². The van der Waals surface area contributed by atoms with E-state index < -0.39 is 11.8 Å². The van der Waals surface area contributed by atoms with Crippen molar-refractivity contribution in [1.29, 1.82) is 0 Å². The van der Waals surface area contributed by atoms with Crippen LogP contribution in [0.3, 0.4) is 0 Å². The number of hydrogen-bond donors (Lipinski definition) is 1. The Bertz CT molecular complexity index is 991. The summed E-state index contributed by atoms with van der Waals surface area (Å²) in [6.07, 6.45) is 1.21. The predicted molar refractivity (Wildman–Crippen MR) is 112 cm³/mol. The van der Waals surface area contributed by atoms with E-state index in [0.29, 0.717) is 48.4 Å². The van der Waals surface area contributed by atoms with Crippen LogP contribution in [0.15, 0.2) is 48.5 Å². The summed E-state index contributed by atoms with van der Waals surface area (Å²) in [5.41, 5.74) is 1.21. The van der Waals surface area contributed by atoms with Gasteiger partial charge in [0.25, 0.3) is 17.7 Å². The minimum atomic E-state index is -0.435. The molecule has 4 rings (SSSR count). The van der Waals surface area contributed by atoms with Gasteiger partial charge in [0, 0.05) is 24.7 Å². The fourth-order valence-corrected chi connectivity index (χ4v) is 3.90. The number of carbonyl (C=O) groups is 4. The molecule has 1 fully saturated rings. The molecule has 8 heteroatoms. The standard InChI is InChI=1S/C23H23N3O5/c1-31-17-8-6-15(7-9-17)21(28)24-16-10-12-25(13-11-16)20(27)14-26-22(29)18-4-2-3-5-19(18)23(26)30/h2-9,16H,10-14H2,1H3,(H,24,28). The molecule has 0 unspecified atom stereocenters. The summed E-state index contributed by atoms with van der Waals surface area (Å²) in [4.78, 5) is 52.7. The van der Waals surface area contributed by atoms with E-state index in [1.807, 2.05) is 0 Å². The smallest absolute Gasteiger partial charge is 0.262 e. The Morgan fingerprint density at radius 3 is 2.10 bits per heavy atom. The molecule has 31 heavy (non-hydrogen) atoms. The van der Waals surface area contributed by atoms with Crippen molar-refractivity contribution in [2.24, 2.45) is 0 Å². The maximum Gasteiger partial charge on any atom is 0.262 e. The number of carbonyl (C=O) groups excluding carboxylic acids is 4. The van der Waals surface area contributed by atoms with Crippen LogP contribution in [0.2, 0.25) is 0 Å². The van der Waals surface area contributed by atoms with Gasteiger partial charge in [0.2, 0.25) is 5.91 Å². The zero-order valence-electron chi connectivity index (χ0n) is 17.2. The minimum Gasteiger partial charge on any atom is -0.497 e. The molecule has 2 aliphatic rings. The number of ether oxygens (including phenoxy) is 1. The Hall–Kier alpha value is -3.68. The van der Waals surface area contributed by atoms with Crippen molar-refractivity contribution in [1.82, 2.24) is 15.1 Å². The lowest BCUT2D eigenvalue weighted by Gasteiger charge is -2.33. The van der Waals surface area contributed by atoms with Crippen LogP contribution in [0.1, 0.15) is 43.9 Å². The van der Waals surface area contributed by atoms with Crippen LogP contribution in [0, 0.1) is 0 Å². The van der Waals surface area contributed by atoms with E-state index in [2.05, 4.69) is 5.32 Å². The van der Waals surface area contributed by atoms with Gasteiger partial charge in [-0.1, -0.05) is 12.1 Å². The molecule has 0 saturated carbocycles. The van der Waals surface area contributed by atoms with Crippen molar-refractivity contribution in [3.8, 4) is 5.75 Å². The Morgan fingerprint density at radius 2 is 1.55 bits per heavy atom. The minimum absolute atomic E-state index is 0.0436. The molecule has 1 saturated heterocycles. The largest absolute Gasteiger partial charge is 0.497 e. The highest BCUT2D eigenvalue weighted by Gasteiger charge is 2.37. The zero-order valence-corrected chi connectivity index (χ0v) is 17.2. The van der Waals surface area contributed by atoms with Gasteiger partial charge in [0.05, 0.1) is 18.2 Å². The molecular weight excluding hydrogens is 398 g/mol. The van der Waals surface area contributed by atoms with Crippen molar-refractivity contribution >= 4 is 23.6 Å². The fourth-order valence-electron chi connectivity index (χ4n) is 3.90. The molecule has 0 radical (unpaired) electrons. The van der Waals surface area contributed by atoms with Gasteiger partial charge in [-0.15, -0.1) is 0 Å². The Labute approximate surface area is 179 Å². The Kier molecular flexibility index (Phi) is 5.70. The third-order valence-corrected chi connectivity index (χ3v) is 5.71. The number of piperidine rings is 1. The van der Waals surface area contributed by atoms with Gasteiger partial charge in [-0.3, -0.25) is 24.1 Å². The number of benzene rings is 2. The number of hydrogen-bond acceptors (Lipinski definition) is 5. The lowest BCUT2D eigenvalue weighted by Crippen LogP contribution is -2.49. The highest BCUT2D eigenvalue weighted by Crippen LogP contribution is 2.23. The van der Waals surface area contributed by atoms with Crippen LogP contribution in [0.25, 0.3) is 0 Å². The molecule has 2 aromatic carbocycles. The van der Waals surface area contributed by atoms with E-state index in [-0.39, 0.29) is 24.4 Å². The van der Waals surface area contributed by atoms with Crippen LogP contribution in [0.4, 0.5) is 0 Å². The summed E-state index contributed by atoms with van der Waals surface area (Å²) >= 11 is 0. The number of nitrogens with one attached hydrogen (secondary N) is 1. The second-order valence-electron chi connectivity index (χ2n) is 7.60.